The number of nitrogens with zero attached hydrogens (tertiary/aromatic N) is 4. The Kier molecular flexibility index (Phi) is 6.09. The molecule has 2 heterocycles. The van der Waals surface area contributed by atoms with Gasteiger partial charge in [-0.2, -0.15) is 5.10 Å². The van der Waals surface area contributed by atoms with E-state index in [-0.39, 0.29) is 5.56 Å². The standard InChI is InChI=1S/C22H23F2N5S2/c1-13-5-6-16(11-14(13)2)22(9-4-10-25)29(21-27-26-15(3)30-21)28-20(31-22)18-12-17(23)7-8-19(18)24/h5-8,11-12H,4,9-10,25H2,1-3H3. The zero-order valence-electron chi connectivity index (χ0n) is 17.5. The van der Waals surface area contributed by atoms with E-state index < -0.39 is 16.5 Å². The molecule has 1 atom stereocenters. The molecule has 1 aliphatic rings. The van der Waals surface area contributed by atoms with E-state index >= 15 is 0 Å². The average molecular weight is 460 g/mol. The summed E-state index contributed by atoms with van der Waals surface area (Å²) in [6.45, 7) is 6.49. The number of aromatic nitrogens is 2. The van der Waals surface area contributed by atoms with E-state index in [2.05, 4.69) is 42.2 Å². The van der Waals surface area contributed by atoms with Gasteiger partial charge in [-0.05, 0) is 75.0 Å². The number of nitrogens with two attached hydrogens (primary N) is 1. The third kappa shape index (κ3) is 4.09. The zero-order chi connectivity index (χ0) is 22.2. The molecule has 0 radical (unpaired) electrons. The maximum atomic E-state index is 14.7. The molecular weight excluding hydrogens is 436 g/mol. The SMILES string of the molecule is Cc1nnc(N2N=C(c3cc(F)ccc3F)SC2(CCCN)c2ccc(C)c(C)c2)s1. The Morgan fingerprint density at radius 1 is 1.03 bits per heavy atom. The van der Waals surface area contributed by atoms with Crippen molar-refractivity contribution in [3.63, 3.8) is 0 Å². The van der Waals surface area contributed by atoms with Gasteiger partial charge in [-0.1, -0.05) is 41.3 Å². The fourth-order valence-electron chi connectivity index (χ4n) is 3.54. The average Bonchev–Trinajstić information content (AvgIpc) is 3.34. The lowest BCUT2D eigenvalue weighted by molar-refractivity contribution is 0.525. The minimum absolute atomic E-state index is 0.134. The first-order valence-corrected chi connectivity index (χ1v) is 11.6. The highest BCUT2D eigenvalue weighted by molar-refractivity contribution is 8.15. The molecule has 0 fully saturated rings. The van der Waals surface area contributed by atoms with E-state index in [0.717, 1.165) is 34.7 Å². The van der Waals surface area contributed by atoms with Crippen LogP contribution in [0.1, 0.15) is 40.1 Å². The predicted octanol–water partition coefficient (Wildman–Crippen LogP) is 5.25. The molecule has 4 rings (SSSR count). The second-order valence-corrected chi connectivity index (χ2v) is 9.95. The minimum Gasteiger partial charge on any atom is -0.330 e. The topological polar surface area (TPSA) is 67.4 Å². The smallest absolute Gasteiger partial charge is 0.230 e. The van der Waals surface area contributed by atoms with Crippen LogP contribution in [-0.4, -0.2) is 21.8 Å². The lowest BCUT2D eigenvalue weighted by atomic mass is 9.96. The Morgan fingerprint density at radius 3 is 2.52 bits per heavy atom. The summed E-state index contributed by atoms with van der Waals surface area (Å²) < 4.78 is 28.6. The first-order chi connectivity index (χ1) is 14.8. The fraction of sp³-hybridized carbons (Fsp3) is 0.318. The van der Waals surface area contributed by atoms with E-state index in [1.807, 2.05) is 11.9 Å². The van der Waals surface area contributed by atoms with Crippen molar-refractivity contribution in [2.45, 2.75) is 38.5 Å². The second-order valence-electron chi connectivity index (χ2n) is 7.52. The maximum absolute atomic E-state index is 14.7. The van der Waals surface area contributed by atoms with Crippen LogP contribution >= 0.6 is 23.1 Å². The Balaban J connectivity index is 1.91. The summed E-state index contributed by atoms with van der Waals surface area (Å²) in [6, 6.07) is 9.68. The van der Waals surface area contributed by atoms with Crippen LogP contribution in [0.2, 0.25) is 0 Å². The van der Waals surface area contributed by atoms with E-state index in [4.69, 9.17) is 10.8 Å². The van der Waals surface area contributed by atoms with Crippen molar-refractivity contribution in [2.24, 2.45) is 10.8 Å². The fourth-order valence-corrected chi connectivity index (χ4v) is 5.73. The monoisotopic (exact) mass is 459 g/mol. The van der Waals surface area contributed by atoms with Crippen LogP contribution in [0.15, 0.2) is 41.5 Å². The lowest BCUT2D eigenvalue weighted by Gasteiger charge is -2.36. The number of rotatable bonds is 6. The van der Waals surface area contributed by atoms with Gasteiger partial charge in [0.15, 0.2) is 0 Å². The summed E-state index contributed by atoms with van der Waals surface area (Å²) in [7, 11) is 0. The summed E-state index contributed by atoms with van der Waals surface area (Å²) in [6.07, 6.45) is 1.38. The van der Waals surface area contributed by atoms with E-state index in [1.54, 1.807) is 0 Å². The first-order valence-electron chi connectivity index (χ1n) is 9.95. The van der Waals surface area contributed by atoms with Crippen molar-refractivity contribution in [2.75, 3.05) is 11.6 Å². The number of aryl methyl sites for hydroxylation is 3. The van der Waals surface area contributed by atoms with Crippen molar-refractivity contribution in [3.05, 3.63) is 75.3 Å². The molecule has 2 N–H and O–H groups in total. The largest absolute Gasteiger partial charge is 0.330 e. The quantitative estimate of drug-likeness (QED) is 0.545. The van der Waals surface area contributed by atoms with Gasteiger partial charge in [0.05, 0.1) is 0 Å². The summed E-state index contributed by atoms with van der Waals surface area (Å²) in [5, 5.41) is 16.8. The van der Waals surface area contributed by atoms with Crippen molar-refractivity contribution in [3.8, 4) is 0 Å². The lowest BCUT2D eigenvalue weighted by Crippen LogP contribution is -2.38. The molecule has 0 aliphatic carbocycles. The molecule has 0 bridgehead atoms. The van der Waals surface area contributed by atoms with Crippen LogP contribution in [0.5, 0.6) is 0 Å². The van der Waals surface area contributed by atoms with Crippen LogP contribution in [0.4, 0.5) is 13.9 Å². The Bertz CT molecular complexity index is 1150. The zero-order valence-corrected chi connectivity index (χ0v) is 19.2. The van der Waals surface area contributed by atoms with Gasteiger partial charge in [0.2, 0.25) is 5.13 Å². The minimum atomic E-state index is -0.697. The molecule has 1 unspecified atom stereocenters. The normalized spacial score (nSPS) is 18.5. The Labute approximate surface area is 188 Å². The number of halogens is 2. The molecule has 2 aromatic carbocycles. The summed E-state index contributed by atoms with van der Waals surface area (Å²) in [5.41, 5.74) is 9.34. The highest BCUT2D eigenvalue weighted by atomic mass is 32.2. The van der Waals surface area contributed by atoms with Crippen LogP contribution in [0.3, 0.4) is 0 Å². The molecule has 5 nitrogen and oxygen atoms in total. The van der Waals surface area contributed by atoms with Gasteiger partial charge < -0.3 is 5.73 Å². The van der Waals surface area contributed by atoms with Gasteiger partial charge in [-0.3, -0.25) is 0 Å². The molecule has 0 spiro atoms. The molecule has 9 heteroatoms. The van der Waals surface area contributed by atoms with Crippen molar-refractivity contribution >= 4 is 33.3 Å². The highest BCUT2D eigenvalue weighted by Crippen LogP contribution is 2.52. The van der Waals surface area contributed by atoms with Crippen molar-refractivity contribution in [1.82, 2.24) is 10.2 Å². The summed E-state index contributed by atoms with van der Waals surface area (Å²) in [4.78, 5) is -0.697. The van der Waals surface area contributed by atoms with Crippen LogP contribution in [0, 0.1) is 32.4 Å². The molecule has 3 aromatic rings. The van der Waals surface area contributed by atoms with Gasteiger partial charge >= 0.3 is 0 Å². The Morgan fingerprint density at radius 2 is 1.84 bits per heavy atom. The van der Waals surface area contributed by atoms with Gasteiger partial charge in [0.1, 0.15) is 26.6 Å². The molecule has 31 heavy (non-hydrogen) atoms. The second kappa shape index (κ2) is 8.64. The Hall–Kier alpha value is -2.36. The molecule has 0 amide bonds. The molecule has 1 aliphatic heterocycles. The van der Waals surface area contributed by atoms with Gasteiger partial charge in [-0.25, -0.2) is 13.8 Å². The van der Waals surface area contributed by atoms with Gasteiger partial charge in [0, 0.05) is 5.56 Å². The number of hydrogen-bond donors (Lipinski definition) is 1. The van der Waals surface area contributed by atoms with Crippen LogP contribution < -0.4 is 10.7 Å². The summed E-state index contributed by atoms with van der Waals surface area (Å²) >= 11 is 2.82. The first kappa shape index (κ1) is 21.9. The number of anilines is 1. The van der Waals surface area contributed by atoms with E-state index in [9.17, 15) is 8.78 Å². The van der Waals surface area contributed by atoms with Crippen LogP contribution in [-0.2, 0) is 4.87 Å². The van der Waals surface area contributed by atoms with Crippen LogP contribution in [0.25, 0.3) is 0 Å². The van der Waals surface area contributed by atoms with Gasteiger partial charge in [0.25, 0.3) is 0 Å². The molecule has 0 saturated carbocycles. The molecule has 162 valence electrons. The number of hydrazone groups is 1. The predicted molar refractivity (Wildman–Crippen MR) is 123 cm³/mol. The molecule has 0 saturated heterocycles. The third-order valence-electron chi connectivity index (χ3n) is 5.33. The van der Waals surface area contributed by atoms with Crippen molar-refractivity contribution < 1.29 is 8.78 Å². The number of thioether (sulfide) groups is 1. The van der Waals surface area contributed by atoms with E-state index in [1.165, 1.54) is 34.7 Å². The summed E-state index contributed by atoms with van der Waals surface area (Å²) in [5.74, 6) is -1.03. The molecule has 1 aromatic heterocycles. The van der Waals surface area contributed by atoms with E-state index in [0.29, 0.717) is 23.1 Å². The van der Waals surface area contributed by atoms with Gasteiger partial charge in [-0.15, -0.1) is 10.2 Å². The number of hydrogen-bond acceptors (Lipinski definition) is 7. The maximum Gasteiger partial charge on any atom is 0.230 e. The van der Waals surface area contributed by atoms with Crippen molar-refractivity contribution in [1.29, 1.82) is 0 Å². The number of benzene rings is 2. The third-order valence-corrected chi connectivity index (χ3v) is 7.59. The highest BCUT2D eigenvalue weighted by Gasteiger charge is 2.48. The molecular formula is C22H23F2N5S2.